The quantitative estimate of drug-likeness (QED) is 0.730. The average molecular weight is 379 g/mol. The zero-order valence-electron chi connectivity index (χ0n) is 16.4. The maximum atomic E-state index is 12.5. The van der Waals surface area contributed by atoms with Gasteiger partial charge in [0.1, 0.15) is 17.3 Å². The van der Waals surface area contributed by atoms with Gasteiger partial charge in [-0.15, -0.1) is 0 Å². The Balaban J connectivity index is 1.72. The predicted molar refractivity (Wildman–Crippen MR) is 109 cm³/mol. The minimum Gasteiger partial charge on any atom is -0.497 e. The minimum atomic E-state index is -0.0952. The van der Waals surface area contributed by atoms with E-state index >= 15 is 0 Å². The highest BCUT2D eigenvalue weighted by molar-refractivity contribution is 5.77. The Labute approximate surface area is 164 Å². The molecule has 0 amide bonds. The number of benzene rings is 2. The number of ether oxygens (including phenoxy) is 2. The lowest BCUT2D eigenvalue weighted by molar-refractivity contribution is 0.183. The Morgan fingerprint density at radius 2 is 2.00 bits per heavy atom. The smallest absolute Gasteiger partial charge is 0.258 e. The summed E-state index contributed by atoms with van der Waals surface area (Å²) >= 11 is 0. The van der Waals surface area contributed by atoms with Crippen LogP contribution in [0.15, 0.2) is 47.3 Å². The molecule has 0 bridgehead atoms. The normalized spacial score (nSPS) is 18.3. The molecular weight excluding hydrogens is 354 g/mol. The molecule has 2 heterocycles. The highest BCUT2D eigenvalue weighted by atomic mass is 16.5. The SMILES string of the molecule is COc1ccc(OC)c([C@H]2CCCN2[C@@H](C)c2nc3ccccc3c(=O)[nH]2)c1. The summed E-state index contributed by atoms with van der Waals surface area (Å²) in [5.41, 5.74) is 1.74. The highest BCUT2D eigenvalue weighted by Gasteiger charge is 2.33. The maximum absolute atomic E-state index is 12.5. The Morgan fingerprint density at radius 1 is 1.18 bits per heavy atom. The molecule has 4 rings (SSSR count). The van der Waals surface area contributed by atoms with Gasteiger partial charge in [-0.05, 0) is 56.6 Å². The van der Waals surface area contributed by atoms with Crippen LogP contribution in [0.1, 0.15) is 43.2 Å². The van der Waals surface area contributed by atoms with E-state index < -0.39 is 0 Å². The second kappa shape index (κ2) is 7.64. The van der Waals surface area contributed by atoms with Gasteiger partial charge in [-0.1, -0.05) is 12.1 Å². The number of nitrogens with zero attached hydrogens (tertiary/aromatic N) is 2. The molecule has 0 spiro atoms. The second-order valence-corrected chi connectivity index (χ2v) is 7.15. The molecule has 6 nitrogen and oxygen atoms in total. The van der Waals surface area contributed by atoms with E-state index in [1.54, 1.807) is 20.3 Å². The first kappa shape index (κ1) is 18.5. The summed E-state index contributed by atoms with van der Waals surface area (Å²) in [7, 11) is 3.36. The summed E-state index contributed by atoms with van der Waals surface area (Å²) in [6, 6.07) is 13.5. The molecule has 1 aliphatic rings. The summed E-state index contributed by atoms with van der Waals surface area (Å²) in [6.45, 7) is 3.03. The van der Waals surface area contributed by atoms with Crippen LogP contribution in [-0.2, 0) is 0 Å². The average Bonchev–Trinajstić information content (AvgIpc) is 3.22. The molecule has 28 heavy (non-hydrogen) atoms. The summed E-state index contributed by atoms with van der Waals surface area (Å²) in [6.07, 6.45) is 2.10. The zero-order chi connectivity index (χ0) is 19.7. The van der Waals surface area contributed by atoms with Crippen molar-refractivity contribution in [3.05, 3.63) is 64.2 Å². The number of aromatic nitrogens is 2. The van der Waals surface area contributed by atoms with Crippen LogP contribution in [0.4, 0.5) is 0 Å². The third-order valence-electron chi connectivity index (χ3n) is 5.61. The second-order valence-electron chi connectivity index (χ2n) is 7.15. The Kier molecular flexibility index (Phi) is 5.05. The van der Waals surface area contributed by atoms with E-state index in [0.717, 1.165) is 42.0 Å². The van der Waals surface area contributed by atoms with Crippen molar-refractivity contribution in [2.24, 2.45) is 0 Å². The molecule has 0 unspecified atom stereocenters. The van der Waals surface area contributed by atoms with Crippen LogP contribution < -0.4 is 15.0 Å². The largest absolute Gasteiger partial charge is 0.497 e. The monoisotopic (exact) mass is 379 g/mol. The molecule has 3 aromatic rings. The van der Waals surface area contributed by atoms with Gasteiger partial charge in [0.2, 0.25) is 0 Å². The summed E-state index contributed by atoms with van der Waals surface area (Å²) in [4.78, 5) is 22.6. The summed E-state index contributed by atoms with van der Waals surface area (Å²) in [5, 5.41) is 0.617. The van der Waals surface area contributed by atoms with Crippen molar-refractivity contribution in [3.8, 4) is 11.5 Å². The van der Waals surface area contributed by atoms with Crippen molar-refractivity contribution in [1.29, 1.82) is 0 Å². The lowest BCUT2D eigenvalue weighted by Gasteiger charge is -2.31. The molecule has 6 heteroatoms. The van der Waals surface area contributed by atoms with Crippen LogP contribution >= 0.6 is 0 Å². The zero-order valence-corrected chi connectivity index (χ0v) is 16.4. The number of hydrogen-bond donors (Lipinski definition) is 1. The minimum absolute atomic E-state index is 0.0271. The van der Waals surface area contributed by atoms with Crippen molar-refractivity contribution in [3.63, 3.8) is 0 Å². The third-order valence-corrected chi connectivity index (χ3v) is 5.61. The number of para-hydroxylation sites is 1. The Hall–Kier alpha value is -2.86. The molecular formula is C22H25N3O3. The van der Waals surface area contributed by atoms with Crippen LogP contribution in [0.5, 0.6) is 11.5 Å². The van der Waals surface area contributed by atoms with Gasteiger partial charge in [-0.2, -0.15) is 0 Å². The van der Waals surface area contributed by atoms with Gasteiger partial charge in [-0.3, -0.25) is 9.69 Å². The first-order valence-electron chi connectivity index (χ1n) is 9.59. The number of likely N-dealkylation sites (tertiary alicyclic amines) is 1. The Bertz CT molecular complexity index is 1050. The molecule has 146 valence electrons. The van der Waals surface area contributed by atoms with E-state index in [4.69, 9.17) is 14.5 Å². The van der Waals surface area contributed by atoms with Gasteiger partial charge < -0.3 is 14.5 Å². The van der Waals surface area contributed by atoms with Crippen molar-refractivity contribution < 1.29 is 9.47 Å². The number of aromatic amines is 1. The van der Waals surface area contributed by atoms with Crippen LogP contribution in [0, 0.1) is 0 Å². The fourth-order valence-corrected chi connectivity index (χ4v) is 4.15. The summed E-state index contributed by atoms with van der Waals surface area (Å²) < 4.78 is 11.0. The molecule has 2 atom stereocenters. The predicted octanol–water partition coefficient (Wildman–Crippen LogP) is 3.84. The van der Waals surface area contributed by atoms with Crippen LogP contribution in [-0.4, -0.2) is 35.6 Å². The number of fused-ring (bicyclic) bond motifs is 1. The lowest BCUT2D eigenvalue weighted by Crippen LogP contribution is -2.29. The van der Waals surface area contributed by atoms with Crippen LogP contribution in [0.3, 0.4) is 0 Å². The molecule has 1 saturated heterocycles. The first-order chi connectivity index (χ1) is 13.6. The van der Waals surface area contributed by atoms with E-state index in [1.807, 2.05) is 36.4 Å². The molecule has 0 radical (unpaired) electrons. The Morgan fingerprint density at radius 3 is 2.79 bits per heavy atom. The van der Waals surface area contributed by atoms with Crippen molar-refractivity contribution in [1.82, 2.24) is 14.9 Å². The number of hydrogen-bond acceptors (Lipinski definition) is 5. The van der Waals surface area contributed by atoms with E-state index in [1.165, 1.54) is 0 Å². The first-order valence-corrected chi connectivity index (χ1v) is 9.59. The van der Waals surface area contributed by atoms with Gasteiger partial charge in [0, 0.05) is 11.6 Å². The topological polar surface area (TPSA) is 67.5 Å². The van der Waals surface area contributed by atoms with Gasteiger partial charge in [0.15, 0.2) is 0 Å². The molecule has 1 N–H and O–H groups in total. The number of methoxy groups -OCH3 is 2. The van der Waals surface area contributed by atoms with Gasteiger partial charge in [0.05, 0.1) is 31.2 Å². The molecule has 1 aromatic heterocycles. The molecule has 1 aliphatic heterocycles. The number of nitrogens with one attached hydrogen (secondary N) is 1. The van der Waals surface area contributed by atoms with Crippen LogP contribution in [0.25, 0.3) is 10.9 Å². The van der Waals surface area contributed by atoms with Crippen molar-refractivity contribution >= 4 is 10.9 Å². The van der Waals surface area contributed by atoms with E-state index in [-0.39, 0.29) is 17.6 Å². The van der Waals surface area contributed by atoms with E-state index in [9.17, 15) is 4.79 Å². The van der Waals surface area contributed by atoms with Gasteiger partial charge in [-0.25, -0.2) is 4.98 Å². The third kappa shape index (κ3) is 3.24. The standard InChI is InChI=1S/C22H25N3O3/c1-14(21-23-18-8-5-4-7-16(18)22(26)24-21)25-12-6-9-19(25)17-13-15(27-2)10-11-20(17)28-3/h4-5,7-8,10-11,13-14,19H,6,9,12H2,1-3H3,(H,23,24,26)/t14-,19+/m0/s1. The van der Waals surface area contributed by atoms with Gasteiger partial charge >= 0.3 is 0 Å². The fraction of sp³-hybridized carbons (Fsp3) is 0.364. The van der Waals surface area contributed by atoms with Crippen molar-refractivity contribution in [2.45, 2.75) is 31.8 Å². The maximum Gasteiger partial charge on any atom is 0.258 e. The summed E-state index contributed by atoms with van der Waals surface area (Å²) in [5.74, 6) is 2.36. The van der Waals surface area contributed by atoms with E-state index in [2.05, 4.69) is 16.8 Å². The molecule has 0 saturated carbocycles. The highest BCUT2D eigenvalue weighted by Crippen LogP contribution is 2.42. The van der Waals surface area contributed by atoms with Crippen LogP contribution in [0.2, 0.25) is 0 Å². The number of rotatable bonds is 5. The van der Waals surface area contributed by atoms with Gasteiger partial charge in [0.25, 0.3) is 5.56 Å². The lowest BCUT2D eigenvalue weighted by atomic mass is 10.0. The molecule has 1 fully saturated rings. The molecule has 2 aromatic carbocycles. The molecule has 0 aliphatic carbocycles. The van der Waals surface area contributed by atoms with E-state index in [0.29, 0.717) is 11.2 Å². The number of H-pyrrole nitrogens is 1. The fourth-order valence-electron chi connectivity index (χ4n) is 4.15. The van der Waals surface area contributed by atoms with Crippen molar-refractivity contribution in [2.75, 3.05) is 20.8 Å².